The second-order valence-electron chi connectivity index (χ2n) is 10.4. The van der Waals surface area contributed by atoms with Crippen molar-refractivity contribution in [1.82, 2.24) is 0 Å². The Bertz CT molecular complexity index is 631. The molecule has 1 spiro atoms. The number of hydrogen-bond donors (Lipinski definition) is 0. The van der Waals surface area contributed by atoms with Gasteiger partial charge in [-0.2, -0.15) is 0 Å². The van der Waals surface area contributed by atoms with Crippen LogP contribution in [0.4, 0.5) is 8.78 Å². The second-order valence-corrected chi connectivity index (χ2v) is 10.4. The van der Waals surface area contributed by atoms with Gasteiger partial charge in [-0.1, -0.05) is 13.8 Å². The van der Waals surface area contributed by atoms with Crippen LogP contribution in [0.25, 0.3) is 0 Å². The summed E-state index contributed by atoms with van der Waals surface area (Å²) in [4.78, 5) is 12.6. The van der Waals surface area contributed by atoms with Crippen molar-refractivity contribution >= 4 is 5.78 Å². The first-order valence-corrected chi connectivity index (χ1v) is 10.9. The lowest BCUT2D eigenvalue weighted by atomic mass is 9.42. The van der Waals surface area contributed by atoms with E-state index in [0.29, 0.717) is 49.6 Å². The monoisotopic (exact) mass is 382 g/mol. The molecule has 0 unspecified atom stereocenters. The maximum absolute atomic E-state index is 14.4. The fourth-order valence-electron chi connectivity index (χ4n) is 8.25. The maximum Gasteiger partial charge on any atom is 0.242 e. The molecule has 1 saturated heterocycles. The topological polar surface area (TPSA) is 35.5 Å². The largest absolute Gasteiger partial charge is 0.348 e. The van der Waals surface area contributed by atoms with Gasteiger partial charge in [-0.15, -0.1) is 0 Å². The van der Waals surface area contributed by atoms with Gasteiger partial charge in [0.1, 0.15) is 5.78 Å². The predicted molar refractivity (Wildman–Crippen MR) is 96.2 cm³/mol. The minimum Gasteiger partial charge on any atom is -0.348 e. The first-order chi connectivity index (χ1) is 12.8. The zero-order valence-electron chi connectivity index (χ0n) is 16.5. The van der Waals surface area contributed by atoms with Gasteiger partial charge < -0.3 is 9.47 Å². The van der Waals surface area contributed by atoms with Gasteiger partial charge in [0, 0.05) is 30.6 Å². The SMILES string of the molecule is C[C@]12[C@@H](CC[C@@H]3[C@@H]1CC[C@]1(C)C(=O)CC[C@@H]31)CC1(C[C@@H]2C(F)F)OCCO1. The molecule has 7 atom stereocenters. The summed E-state index contributed by atoms with van der Waals surface area (Å²) in [6.45, 7) is 5.34. The molecule has 5 fully saturated rings. The van der Waals surface area contributed by atoms with Crippen molar-refractivity contribution in [1.29, 1.82) is 0 Å². The quantitative estimate of drug-likeness (QED) is 0.651. The number of carbonyl (C=O) groups is 1. The van der Waals surface area contributed by atoms with Crippen molar-refractivity contribution in [3.63, 3.8) is 0 Å². The number of Topliss-reactive ketones (excluding diaryl/α,β-unsaturated/α-hetero) is 1. The maximum atomic E-state index is 14.4. The number of ether oxygens (including phenoxy) is 2. The lowest BCUT2D eigenvalue weighted by Gasteiger charge is -2.63. The minimum absolute atomic E-state index is 0.196. The normalized spacial score (nSPS) is 51.3. The molecule has 152 valence electrons. The molecule has 0 radical (unpaired) electrons. The third-order valence-electron chi connectivity index (χ3n) is 9.68. The van der Waals surface area contributed by atoms with E-state index < -0.39 is 18.1 Å². The fourth-order valence-corrected chi connectivity index (χ4v) is 8.25. The van der Waals surface area contributed by atoms with E-state index in [1.807, 2.05) is 0 Å². The van der Waals surface area contributed by atoms with E-state index in [-0.39, 0.29) is 16.7 Å². The highest BCUT2D eigenvalue weighted by Crippen LogP contribution is 2.68. The molecule has 4 aliphatic carbocycles. The molecule has 0 aromatic carbocycles. The molecule has 5 aliphatic rings. The Balaban J connectivity index is 1.50. The molecule has 5 heteroatoms. The Morgan fingerprint density at radius 3 is 2.44 bits per heavy atom. The van der Waals surface area contributed by atoms with Gasteiger partial charge in [-0.3, -0.25) is 4.79 Å². The number of ketones is 1. The van der Waals surface area contributed by atoms with E-state index in [9.17, 15) is 13.6 Å². The van der Waals surface area contributed by atoms with Crippen LogP contribution in [-0.4, -0.2) is 31.2 Å². The van der Waals surface area contributed by atoms with Crippen LogP contribution in [0.1, 0.15) is 65.2 Å². The molecule has 27 heavy (non-hydrogen) atoms. The molecule has 5 rings (SSSR count). The van der Waals surface area contributed by atoms with Gasteiger partial charge >= 0.3 is 0 Å². The van der Waals surface area contributed by atoms with Crippen LogP contribution < -0.4 is 0 Å². The third-order valence-corrected chi connectivity index (χ3v) is 9.68. The molecule has 0 N–H and O–H groups in total. The zero-order chi connectivity index (χ0) is 19.0. The molecular weight excluding hydrogens is 350 g/mol. The third kappa shape index (κ3) is 2.39. The van der Waals surface area contributed by atoms with E-state index in [4.69, 9.17) is 9.47 Å². The van der Waals surface area contributed by atoms with Crippen LogP contribution in [0.2, 0.25) is 0 Å². The summed E-state index contributed by atoms with van der Waals surface area (Å²) in [5.74, 6) is 0.323. The average molecular weight is 382 g/mol. The zero-order valence-corrected chi connectivity index (χ0v) is 16.5. The van der Waals surface area contributed by atoms with E-state index in [2.05, 4.69) is 13.8 Å². The molecule has 4 saturated carbocycles. The minimum atomic E-state index is -2.35. The van der Waals surface area contributed by atoms with Gasteiger partial charge in [0.05, 0.1) is 13.2 Å². The molecule has 1 aliphatic heterocycles. The highest BCUT2D eigenvalue weighted by Gasteiger charge is 2.66. The summed E-state index contributed by atoms with van der Waals surface area (Å²) in [6, 6.07) is 0. The Hall–Kier alpha value is -0.550. The van der Waals surface area contributed by atoms with Crippen molar-refractivity contribution in [2.24, 2.45) is 40.4 Å². The van der Waals surface area contributed by atoms with Gasteiger partial charge in [0.2, 0.25) is 6.43 Å². The summed E-state index contributed by atoms with van der Waals surface area (Å²) in [5.41, 5.74) is -0.567. The summed E-state index contributed by atoms with van der Waals surface area (Å²) in [5, 5.41) is 0. The van der Waals surface area contributed by atoms with E-state index in [1.54, 1.807) is 0 Å². The lowest BCUT2D eigenvalue weighted by Crippen LogP contribution is -2.61. The van der Waals surface area contributed by atoms with Crippen LogP contribution in [0.5, 0.6) is 0 Å². The molecule has 1 heterocycles. The standard InChI is InChI=1S/C22H32F2O3/c1-20-8-7-16-14(15(20)5-6-18(20)25)4-3-13-11-22(26-9-10-27-22)12-17(19(23)24)21(13,16)2/h13-17,19H,3-12H2,1-2H3/t13-,14-,15-,16-,17+,20-,21-/m0/s1. The van der Waals surface area contributed by atoms with Gasteiger partial charge in [-0.25, -0.2) is 8.78 Å². The number of hydrogen-bond acceptors (Lipinski definition) is 3. The van der Waals surface area contributed by atoms with Crippen molar-refractivity contribution < 1.29 is 23.0 Å². The highest BCUT2D eigenvalue weighted by atomic mass is 19.3. The van der Waals surface area contributed by atoms with Crippen LogP contribution in [-0.2, 0) is 14.3 Å². The second kappa shape index (κ2) is 5.98. The van der Waals surface area contributed by atoms with Crippen LogP contribution in [0.3, 0.4) is 0 Å². The average Bonchev–Trinajstić information content (AvgIpc) is 3.20. The molecule has 3 nitrogen and oxygen atoms in total. The van der Waals surface area contributed by atoms with Crippen LogP contribution in [0, 0.1) is 40.4 Å². The smallest absolute Gasteiger partial charge is 0.242 e. The van der Waals surface area contributed by atoms with Gasteiger partial charge in [0.25, 0.3) is 0 Å². The Morgan fingerprint density at radius 2 is 1.74 bits per heavy atom. The Kier molecular flexibility index (Phi) is 4.09. The first kappa shape index (κ1) is 18.5. The summed E-state index contributed by atoms with van der Waals surface area (Å²) in [6.07, 6.45) is 4.24. The molecule has 0 bridgehead atoms. The van der Waals surface area contributed by atoms with Crippen LogP contribution in [0.15, 0.2) is 0 Å². The number of fused-ring (bicyclic) bond motifs is 5. The fraction of sp³-hybridized carbons (Fsp3) is 0.955. The molecule has 0 aromatic rings. The van der Waals surface area contributed by atoms with Crippen molar-refractivity contribution in [3.05, 3.63) is 0 Å². The van der Waals surface area contributed by atoms with Gasteiger partial charge in [0.15, 0.2) is 5.79 Å². The highest BCUT2D eigenvalue weighted by molar-refractivity contribution is 5.87. The van der Waals surface area contributed by atoms with Crippen molar-refractivity contribution in [2.75, 3.05) is 13.2 Å². The summed E-state index contributed by atoms with van der Waals surface area (Å²) < 4.78 is 40.5. The van der Waals surface area contributed by atoms with E-state index >= 15 is 0 Å². The van der Waals surface area contributed by atoms with Crippen molar-refractivity contribution in [2.45, 2.75) is 77.4 Å². The number of rotatable bonds is 1. The first-order valence-electron chi connectivity index (χ1n) is 10.9. The predicted octanol–water partition coefficient (Wildman–Crippen LogP) is 4.83. The molecular formula is C22H32F2O3. The summed E-state index contributed by atoms with van der Waals surface area (Å²) in [7, 11) is 0. The molecule has 0 aromatic heterocycles. The molecule has 0 amide bonds. The van der Waals surface area contributed by atoms with E-state index in [1.165, 1.54) is 0 Å². The Morgan fingerprint density at radius 1 is 1.00 bits per heavy atom. The van der Waals surface area contributed by atoms with Crippen LogP contribution >= 0.6 is 0 Å². The lowest BCUT2D eigenvalue weighted by molar-refractivity contribution is -0.265. The van der Waals surface area contributed by atoms with Crippen molar-refractivity contribution in [3.8, 4) is 0 Å². The number of halogens is 2. The number of alkyl halides is 2. The number of carbonyl (C=O) groups excluding carboxylic acids is 1. The summed E-state index contributed by atoms with van der Waals surface area (Å²) >= 11 is 0. The Labute approximate surface area is 160 Å². The van der Waals surface area contributed by atoms with E-state index in [0.717, 1.165) is 38.5 Å². The van der Waals surface area contributed by atoms with Gasteiger partial charge in [-0.05, 0) is 61.2 Å².